The number of hydrogen-bond acceptors (Lipinski definition) is 4. The Balaban J connectivity index is 1.81. The van der Waals surface area contributed by atoms with Gasteiger partial charge in [0.15, 0.2) is 0 Å². The van der Waals surface area contributed by atoms with Gasteiger partial charge in [-0.2, -0.15) is 0 Å². The molecule has 2 rings (SSSR count). The van der Waals surface area contributed by atoms with Gasteiger partial charge in [0.1, 0.15) is 12.4 Å². The van der Waals surface area contributed by atoms with E-state index in [1.807, 2.05) is 24.4 Å². The standard InChI is InChI=1S/C15H20N2OS/c1-3-8-16-9-13-4-6-15(7-5-13)18-10-14-11-19-12(2)17-14/h4-7,11,16H,3,8-10H2,1-2H3. The third-order valence-corrected chi connectivity index (χ3v) is 3.55. The molecule has 0 spiro atoms. The van der Waals surface area contributed by atoms with Crippen LogP contribution in [0.1, 0.15) is 29.6 Å². The van der Waals surface area contributed by atoms with Crippen molar-refractivity contribution in [3.63, 3.8) is 0 Å². The van der Waals surface area contributed by atoms with Crippen molar-refractivity contribution in [3.05, 3.63) is 45.9 Å². The summed E-state index contributed by atoms with van der Waals surface area (Å²) in [6, 6.07) is 8.24. The average molecular weight is 276 g/mol. The Bertz CT molecular complexity index is 493. The van der Waals surface area contributed by atoms with Crippen molar-refractivity contribution in [3.8, 4) is 5.75 Å². The molecule has 3 nitrogen and oxygen atoms in total. The van der Waals surface area contributed by atoms with E-state index >= 15 is 0 Å². The fourth-order valence-electron chi connectivity index (χ4n) is 1.74. The van der Waals surface area contributed by atoms with Gasteiger partial charge in [-0.25, -0.2) is 4.98 Å². The largest absolute Gasteiger partial charge is 0.487 e. The predicted octanol–water partition coefficient (Wildman–Crippen LogP) is 3.53. The topological polar surface area (TPSA) is 34.1 Å². The Hall–Kier alpha value is -1.39. The third-order valence-electron chi connectivity index (χ3n) is 2.73. The molecule has 4 heteroatoms. The van der Waals surface area contributed by atoms with Crippen molar-refractivity contribution in [2.75, 3.05) is 6.54 Å². The maximum atomic E-state index is 5.71. The third kappa shape index (κ3) is 4.65. The summed E-state index contributed by atoms with van der Waals surface area (Å²) in [4.78, 5) is 4.38. The lowest BCUT2D eigenvalue weighted by Crippen LogP contribution is -2.13. The van der Waals surface area contributed by atoms with Crippen LogP contribution in [-0.2, 0) is 13.2 Å². The van der Waals surface area contributed by atoms with Crippen LogP contribution in [0.2, 0.25) is 0 Å². The quantitative estimate of drug-likeness (QED) is 0.786. The molecular formula is C15H20N2OS. The monoisotopic (exact) mass is 276 g/mol. The number of hydrogen-bond donors (Lipinski definition) is 1. The number of aryl methyl sites for hydroxylation is 1. The summed E-state index contributed by atoms with van der Waals surface area (Å²) >= 11 is 1.65. The van der Waals surface area contributed by atoms with Gasteiger partial charge in [0, 0.05) is 11.9 Å². The van der Waals surface area contributed by atoms with Gasteiger partial charge < -0.3 is 10.1 Å². The number of nitrogens with one attached hydrogen (secondary N) is 1. The predicted molar refractivity (Wildman–Crippen MR) is 79.6 cm³/mol. The molecule has 0 atom stereocenters. The highest BCUT2D eigenvalue weighted by atomic mass is 32.1. The number of aromatic nitrogens is 1. The second kappa shape index (κ2) is 7.26. The first-order valence-electron chi connectivity index (χ1n) is 6.61. The van der Waals surface area contributed by atoms with Crippen LogP contribution in [0.15, 0.2) is 29.6 Å². The van der Waals surface area contributed by atoms with E-state index in [4.69, 9.17) is 4.74 Å². The first kappa shape index (κ1) is 14.0. The van der Waals surface area contributed by atoms with Crippen LogP contribution in [0.4, 0.5) is 0 Å². The molecular weight excluding hydrogens is 256 g/mol. The zero-order valence-electron chi connectivity index (χ0n) is 11.5. The zero-order valence-corrected chi connectivity index (χ0v) is 12.3. The number of ether oxygens (including phenoxy) is 1. The molecule has 0 aliphatic rings. The van der Waals surface area contributed by atoms with Gasteiger partial charge in [-0.1, -0.05) is 19.1 Å². The van der Waals surface area contributed by atoms with Crippen LogP contribution < -0.4 is 10.1 Å². The first-order chi connectivity index (χ1) is 9.28. The molecule has 0 saturated carbocycles. The van der Waals surface area contributed by atoms with Crippen molar-refractivity contribution in [1.82, 2.24) is 10.3 Å². The van der Waals surface area contributed by atoms with Crippen LogP contribution in [-0.4, -0.2) is 11.5 Å². The van der Waals surface area contributed by atoms with Gasteiger partial charge >= 0.3 is 0 Å². The Morgan fingerprint density at radius 1 is 1.26 bits per heavy atom. The maximum Gasteiger partial charge on any atom is 0.131 e. The molecule has 0 saturated heterocycles. The molecule has 0 bridgehead atoms. The SMILES string of the molecule is CCCNCc1ccc(OCc2csc(C)n2)cc1. The Morgan fingerprint density at radius 3 is 2.68 bits per heavy atom. The number of rotatable bonds is 7. The van der Waals surface area contributed by atoms with E-state index in [0.29, 0.717) is 6.61 Å². The fourth-order valence-corrected chi connectivity index (χ4v) is 2.34. The fraction of sp³-hybridized carbons (Fsp3) is 0.400. The summed E-state index contributed by atoms with van der Waals surface area (Å²) < 4.78 is 5.71. The molecule has 0 fully saturated rings. The van der Waals surface area contributed by atoms with Gasteiger partial charge in [-0.15, -0.1) is 11.3 Å². The zero-order chi connectivity index (χ0) is 13.5. The molecule has 0 unspecified atom stereocenters. The number of nitrogens with zero attached hydrogens (tertiary/aromatic N) is 1. The average Bonchev–Trinajstić information content (AvgIpc) is 2.84. The van der Waals surface area contributed by atoms with Gasteiger partial charge in [0.25, 0.3) is 0 Å². The Kier molecular flexibility index (Phi) is 5.36. The van der Waals surface area contributed by atoms with Gasteiger partial charge in [-0.3, -0.25) is 0 Å². The van der Waals surface area contributed by atoms with Crippen molar-refractivity contribution >= 4 is 11.3 Å². The summed E-state index contributed by atoms with van der Waals surface area (Å²) in [5, 5.41) is 6.50. The molecule has 0 aliphatic carbocycles. The normalized spacial score (nSPS) is 10.6. The highest BCUT2D eigenvalue weighted by Gasteiger charge is 2.00. The smallest absolute Gasteiger partial charge is 0.131 e. The minimum atomic E-state index is 0.539. The molecule has 0 aliphatic heterocycles. The van der Waals surface area contributed by atoms with Gasteiger partial charge in [-0.05, 0) is 37.6 Å². The minimum absolute atomic E-state index is 0.539. The molecule has 0 radical (unpaired) electrons. The molecule has 0 amide bonds. The van der Waals surface area contributed by atoms with E-state index in [9.17, 15) is 0 Å². The number of thiazole rings is 1. The summed E-state index contributed by atoms with van der Waals surface area (Å²) in [6.45, 7) is 6.69. The molecule has 1 N–H and O–H groups in total. The van der Waals surface area contributed by atoms with Crippen LogP contribution in [0.25, 0.3) is 0 Å². The summed E-state index contributed by atoms with van der Waals surface area (Å²) in [5.74, 6) is 0.893. The molecule has 2 aromatic rings. The van der Waals surface area contributed by atoms with Gasteiger partial charge in [0.05, 0.1) is 10.7 Å². The number of benzene rings is 1. The van der Waals surface area contributed by atoms with Crippen molar-refractivity contribution in [2.24, 2.45) is 0 Å². The first-order valence-corrected chi connectivity index (χ1v) is 7.49. The van der Waals surface area contributed by atoms with E-state index in [-0.39, 0.29) is 0 Å². The summed E-state index contributed by atoms with van der Waals surface area (Å²) in [7, 11) is 0. The van der Waals surface area contributed by atoms with Crippen LogP contribution in [0, 0.1) is 6.92 Å². The highest BCUT2D eigenvalue weighted by Crippen LogP contribution is 2.15. The van der Waals surface area contributed by atoms with E-state index in [2.05, 4.69) is 29.4 Å². The molecule has 102 valence electrons. The van der Waals surface area contributed by atoms with E-state index < -0.39 is 0 Å². The second-order valence-corrected chi connectivity index (χ2v) is 5.53. The maximum absolute atomic E-state index is 5.71. The van der Waals surface area contributed by atoms with Crippen LogP contribution in [0.5, 0.6) is 5.75 Å². The van der Waals surface area contributed by atoms with Crippen LogP contribution in [0.3, 0.4) is 0 Å². The second-order valence-electron chi connectivity index (χ2n) is 4.47. The van der Waals surface area contributed by atoms with E-state index in [1.54, 1.807) is 11.3 Å². The molecule has 1 heterocycles. The lowest BCUT2D eigenvalue weighted by molar-refractivity contribution is 0.302. The van der Waals surface area contributed by atoms with Crippen molar-refractivity contribution in [1.29, 1.82) is 0 Å². The molecule has 1 aromatic heterocycles. The lowest BCUT2D eigenvalue weighted by atomic mass is 10.2. The molecule has 1 aromatic carbocycles. The summed E-state index contributed by atoms with van der Waals surface area (Å²) in [5.41, 5.74) is 2.28. The lowest BCUT2D eigenvalue weighted by Gasteiger charge is -2.06. The van der Waals surface area contributed by atoms with E-state index in [1.165, 1.54) is 5.56 Å². The van der Waals surface area contributed by atoms with Gasteiger partial charge in [0.2, 0.25) is 0 Å². The highest BCUT2D eigenvalue weighted by molar-refractivity contribution is 7.09. The Labute approximate surface area is 118 Å². The summed E-state index contributed by atoms with van der Waals surface area (Å²) in [6.07, 6.45) is 1.16. The van der Waals surface area contributed by atoms with Crippen molar-refractivity contribution < 1.29 is 4.74 Å². The van der Waals surface area contributed by atoms with Crippen molar-refractivity contribution in [2.45, 2.75) is 33.4 Å². The van der Waals surface area contributed by atoms with E-state index in [0.717, 1.165) is 36.0 Å². The minimum Gasteiger partial charge on any atom is -0.487 e. The van der Waals surface area contributed by atoms with Crippen LogP contribution >= 0.6 is 11.3 Å². The molecule has 19 heavy (non-hydrogen) atoms. The Morgan fingerprint density at radius 2 is 2.05 bits per heavy atom.